The van der Waals surface area contributed by atoms with E-state index in [0.29, 0.717) is 17.7 Å². The van der Waals surface area contributed by atoms with Crippen molar-refractivity contribution in [3.8, 4) is 0 Å². The zero-order valence-corrected chi connectivity index (χ0v) is 13.3. The average Bonchev–Trinajstić information content (AvgIpc) is 2.39. The molecular weight excluding hydrogens is 274 g/mol. The molecule has 0 aliphatic heterocycles. The van der Waals surface area contributed by atoms with Crippen LogP contribution in [-0.2, 0) is 9.84 Å². The van der Waals surface area contributed by atoms with E-state index in [9.17, 15) is 8.42 Å². The van der Waals surface area contributed by atoms with Gasteiger partial charge in [-0.15, -0.1) is 0 Å². The molecule has 0 aromatic heterocycles. The molecule has 0 spiro atoms. The monoisotopic (exact) mass is 299 g/mol. The second-order valence-electron chi connectivity index (χ2n) is 5.36. The fraction of sp³-hybridized carbons (Fsp3) is 0.600. The molecular formula is C15H25NO3S. The standard InChI is InChI=1S/C15H25NO3S/c1-4-12-20(18,19)14-8-6-13(7-9-14)16-15(3,5-2)10-11-17/h6-9,16-17H,4-5,10-12H2,1-3H3. The molecule has 0 heterocycles. The van der Waals surface area contributed by atoms with Gasteiger partial charge in [-0.05, 0) is 50.5 Å². The van der Waals surface area contributed by atoms with Gasteiger partial charge in [0, 0.05) is 17.8 Å². The summed E-state index contributed by atoms with van der Waals surface area (Å²) in [7, 11) is -3.15. The minimum absolute atomic E-state index is 0.125. The molecule has 2 N–H and O–H groups in total. The quantitative estimate of drug-likeness (QED) is 0.774. The van der Waals surface area contributed by atoms with Gasteiger partial charge in [-0.2, -0.15) is 0 Å². The summed E-state index contributed by atoms with van der Waals surface area (Å²) in [4.78, 5) is 0.366. The lowest BCUT2D eigenvalue weighted by Gasteiger charge is -2.30. The van der Waals surface area contributed by atoms with Crippen LogP contribution in [-0.4, -0.2) is 31.4 Å². The predicted octanol–water partition coefficient (Wildman–Crippen LogP) is 2.83. The normalized spacial score (nSPS) is 14.8. The summed E-state index contributed by atoms with van der Waals surface area (Å²) in [5.41, 5.74) is 0.691. The van der Waals surface area contributed by atoms with Crippen LogP contribution in [0.5, 0.6) is 0 Å². The summed E-state index contributed by atoms with van der Waals surface area (Å²) in [6, 6.07) is 6.85. The summed E-state index contributed by atoms with van der Waals surface area (Å²) in [5, 5.41) is 12.5. The highest BCUT2D eigenvalue weighted by atomic mass is 32.2. The van der Waals surface area contributed by atoms with Gasteiger partial charge in [0.15, 0.2) is 9.84 Å². The Labute approximate surface area is 122 Å². The van der Waals surface area contributed by atoms with Crippen LogP contribution in [0, 0.1) is 0 Å². The van der Waals surface area contributed by atoms with Gasteiger partial charge in [0.1, 0.15) is 0 Å². The number of hydrogen-bond donors (Lipinski definition) is 2. The molecule has 0 aliphatic rings. The van der Waals surface area contributed by atoms with Crippen molar-refractivity contribution in [1.82, 2.24) is 0 Å². The molecule has 1 rings (SSSR count). The Morgan fingerprint density at radius 1 is 1.20 bits per heavy atom. The minimum atomic E-state index is -3.15. The molecule has 0 saturated heterocycles. The van der Waals surface area contributed by atoms with Gasteiger partial charge in [-0.3, -0.25) is 0 Å². The summed E-state index contributed by atoms with van der Waals surface area (Å²) in [6.45, 7) is 6.09. The molecule has 20 heavy (non-hydrogen) atoms. The summed E-state index contributed by atoms with van der Waals surface area (Å²) in [6.07, 6.45) is 2.15. The number of rotatable bonds is 8. The maximum Gasteiger partial charge on any atom is 0.178 e. The molecule has 0 aliphatic carbocycles. The van der Waals surface area contributed by atoms with Gasteiger partial charge >= 0.3 is 0 Å². The topological polar surface area (TPSA) is 66.4 Å². The third-order valence-corrected chi connectivity index (χ3v) is 5.51. The Morgan fingerprint density at radius 3 is 2.25 bits per heavy atom. The van der Waals surface area contributed by atoms with Crippen LogP contribution >= 0.6 is 0 Å². The molecule has 0 bridgehead atoms. The van der Waals surface area contributed by atoms with Gasteiger partial charge in [0.05, 0.1) is 10.6 Å². The van der Waals surface area contributed by atoms with E-state index < -0.39 is 9.84 Å². The first kappa shape index (κ1) is 17.0. The first-order chi connectivity index (χ1) is 9.37. The molecule has 1 aromatic carbocycles. The third-order valence-electron chi connectivity index (χ3n) is 3.58. The van der Waals surface area contributed by atoms with Crippen LogP contribution in [0.3, 0.4) is 0 Å². The molecule has 1 unspecified atom stereocenters. The highest BCUT2D eigenvalue weighted by molar-refractivity contribution is 7.91. The number of aliphatic hydroxyl groups excluding tert-OH is 1. The van der Waals surface area contributed by atoms with E-state index in [1.165, 1.54) is 0 Å². The average molecular weight is 299 g/mol. The Bertz CT molecular complexity index is 510. The van der Waals surface area contributed by atoms with Crippen molar-refractivity contribution in [3.63, 3.8) is 0 Å². The summed E-state index contributed by atoms with van der Waals surface area (Å²) < 4.78 is 23.9. The molecule has 0 fully saturated rings. The first-order valence-corrected chi connectivity index (χ1v) is 8.74. The molecule has 1 atom stereocenters. The Balaban J connectivity index is 2.87. The van der Waals surface area contributed by atoms with Crippen molar-refractivity contribution < 1.29 is 13.5 Å². The fourth-order valence-corrected chi connectivity index (χ4v) is 3.38. The molecule has 1 aromatic rings. The lowest BCUT2D eigenvalue weighted by Crippen LogP contribution is -2.34. The largest absolute Gasteiger partial charge is 0.396 e. The van der Waals surface area contributed by atoms with Gasteiger partial charge in [0.25, 0.3) is 0 Å². The van der Waals surface area contributed by atoms with Gasteiger partial charge in [-0.25, -0.2) is 8.42 Å². The molecule has 5 heteroatoms. The van der Waals surface area contributed by atoms with E-state index in [2.05, 4.69) is 12.2 Å². The third kappa shape index (κ3) is 4.49. The zero-order valence-electron chi connectivity index (χ0n) is 12.5. The van der Waals surface area contributed by atoms with E-state index >= 15 is 0 Å². The summed E-state index contributed by atoms with van der Waals surface area (Å²) >= 11 is 0. The molecule has 4 nitrogen and oxygen atoms in total. The lowest BCUT2D eigenvalue weighted by molar-refractivity contribution is 0.252. The lowest BCUT2D eigenvalue weighted by atomic mass is 9.94. The van der Waals surface area contributed by atoms with E-state index in [1.54, 1.807) is 24.3 Å². The van der Waals surface area contributed by atoms with Crippen LogP contribution < -0.4 is 5.32 Å². The maximum absolute atomic E-state index is 11.9. The number of benzene rings is 1. The highest BCUT2D eigenvalue weighted by Gasteiger charge is 2.21. The second kappa shape index (κ2) is 7.09. The fourth-order valence-electron chi connectivity index (χ4n) is 2.06. The van der Waals surface area contributed by atoms with Crippen LogP contribution in [0.4, 0.5) is 5.69 Å². The number of anilines is 1. The molecule has 0 saturated carbocycles. The van der Waals surface area contributed by atoms with Crippen molar-refractivity contribution in [1.29, 1.82) is 0 Å². The highest BCUT2D eigenvalue weighted by Crippen LogP contribution is 2.23. The van der Waals surface area contributed by atoms with Crippen LogP contribution in [0.15, 0.2) is 29.2 Å². The predicted molar refractivity (Wildman–Crippen MR) is 82.8 cm³/mol. The number of aliphatic hydroxyl groups is 1. The van der Waals surface area contributed by atoms with Crippen molar-refractivity contribution in [2.75, 3.05) is 17.7 Å². The van der Waals surface area contributed by atoms with Crippen molar-refractivity contribution >= 4 is 15.5 Å². The molecule has 114 valence electrons. The Hall–Kier alpha value is -1.07. The first-order valence-electron chi connectivity index (χ1n) is 7.09. The van der Waals surface area contributed by atoms with Crippen molar-refractivity contribution in [2.45, 2.75) is 50.5 Å². The maximum atomic E-state index is 11.9. The Kier molecular flexibility index (Phi) is 6.02. The van der Waals surface area contributed by atoms with Crippen molar-refractivity contribution in [3.05, 3.63) is 24.3 Å². The van der Waals surface area contributed by atoms with E-state index in [4.69, 9.17) is 5.11 Å². The number of hydrogen-bond acceptors (Lipinski definition) is 4. The number of nitrogens with one attached hydrogen (secondary N) is 1. The number of sulfone groups is 1. The summed E-state index contributed by atoms with van der Waals surface area (Å²) in [5.74, 6) is 0.178. The van der Waals surface area contributed by atoms with E-state index in [-0.39, 0.29) is 17.9 Å². The van der Waals surface area contributed by atoms with E-state index in [1.807, 2.05) is 13.8 Å². The van der Waals surface area contributed by atoms with E-state index in [0.717, 1.165) is 12.1 Å². The van der Waals surface area contributed by atoms with Gasteiger partial charge < -0.3 is 10.4 Å². The molecule has 0 radical (unpaired) electrons. The van der Waals surface area contributed by atoms with Gasteiger partial charge in [0.2, 0.25) is 0 Å². The van der Waals surface area contributed by atoms with Crippen molar-refractivity contribution in [2.24, 2.45) is 0 Å². The Morgan fingerprint density at radius 2 is 1.80 bits per heavy atom. The molecule has 0 amide bonds. The SMILES string of the molecule is CCCS(=O)(=O)c1ccc(NC(C)(CC)CCO)cc1. The van der Waals surface area contributed by atoms with Crippen LogP contribution in [0.2, 0.25) is 0 Å². The zero-order chi connectivity index (χ0) is 15.2. The van der Waals surface area contributed by atoms with Gasteiger partial charge in [-0.1, -0.05) is 13.8 Å². The smallest absolute Gasteiger partial charge is 0.178 e. The van der Waals surface area contributed by atoms with Crippen LogP contribution in [0.25, 0.3) is 0 Å². The minimum Gasteiger partial charge on any atom is -0.396 e. The van der Waals surface area contributed by atoms with Crippen LogP contribution in [0.1, 0.15) is 40.0 Å². The second-order valence-corrected chi connectivity index (χ2v) is 7.47.